The van der Waals surface area contributed by atoms with E-state index in [4.69, 9.17) is 63.2 Å². The maximum atomic E-state index is 13.5. The zero-order chi connectivity index (χ0) is 109. The monoisotopic (exact) mass is 2170 g/mol. The molecule has 9 N–H and O–H groups in total. The largest absolute Gasteiger partial charge is 0.492 e. The van der Waals surface area contributed by atoms with Gasteiger partial charge in [-0.05, 0) is 147 Å². The lowest BCUT2D eigenvalue weighted by Crippen LogP contribution is -2.49. The fourth-order valence-electron chi connectivity index (χ4n) is 14.7. The third-order valence-electron chi connectivity index (χ3n) is 22.2. The average molecular weight is 2170 g/mol. The van der Waals surface area contributed by atoms with Crippen LogP contribution in [0.15, 0.2) is 134 Å². The van der Waals surface area contributed by atoms with Gasteiger partial charge in [-0.2, -0.15) is 84.4 Å². The summed E-state index contributed by atoms with van der Waals surface area (Å²) in [7, 11) is 1.41. The molecule has 0 unspecified atom stereocenters. The molecule has 0 saturated carbocycles. The number of aryl methyl sites for hydroxylation is 1. The summed E-state index contributed by atoms with van der Waals surface area (Å²) < 4.78 is 148. The Bertz CT molecular complexity index is 6360. The Kier molecular flexibility index (Phi) is 41.1. The first-order valence-corrected chi connectivity index (χ1v) is 49.5. The van der Waals surface area contributed by atoms with E-state index in [0.29, 0.717) is 122 Å². The van der Waals surface area contributed by atoms with Crippen LogP contribution in [0.25, 0.3) is 5.70 Å². The fourth-order valence-corrected chi connectivity index (χ4v) is 16.1. The molecule has 22 rings (SSSR count). The van der Waals surface area contributed by atoms with Gasteiger partial charge in [-0.15, -0.1) is 10.2 Å². The van der Waals surface area contributed by atoms with Crippen molar-refractivity contribution in [1.82, 2.24) is 96.3 Å². The number of halogens is 12. The molecule has 6 aromatic carbocycles. The third kappa shape index (κ3) is 38.3. The number of hydrogen-bond donors (Lipinski definition) is 9. The van der Waals surface area contributed by atoms with Crippen molar-refractivity contribution >= 4 is 122 Å². The molecule has 0 atom stereocenters. The lowest BCUT2D eigenvalue weighted by atomic mass is 9.92. The van der Waals surface area contributed by atoms with Gasteiger partial charge in [0.15, 0.2) is 19.8 Å². The highest BCUT2D eigenvalue weighted by Gasteiger charge is 2.37. The highest BCUT2D eigenvalue weighted by atomic mass is 35.5. The second-order valence-corrected chi connectivity index (χ2v) is 40.0. The van der Waals surface area contributed by atoms with Crippen molar-refractivity contribution in [3.05, 3.63) is 222 Å². The number of nitrogens with one attached hydrogen (secondary N) is 9. The predicted octanol–water partition coefficient (Wildman–Crippen LogP) is 14.5. The minimum Gasteiger partial charge on any atom is -0.492 e. The highest BCUT2D eigenvalue weighted by Crippen LogP contribution is 2.34. The molecule has 10 aromatic rings. The van der Waals surface area contributed by atoms with Crippen molar-refractivity contribution < 1.29 is 106 Å². The van der Waals surface area contributed by atoms with E-state index in [1.807, 2.05) is 86.6 Å². The normalized spacial score (nSPS) is 15.7. The number of alkyl halides is 9. The van der Waals surface area contributed by atoms with E-state index in [1.165, 1.54) is 33.1 Å². The zero-order valence-corrected chi connectivity index (χ0v) is 86.8. The molecule has 12 aliphatic rings. The standard InChI is InChI=1S/C34H37ClF3N9O5S.C34H41ClF3N7O5.C32H37ClF3N7O4/c1-4-26-45-46-32(53-26)43-28(49)29(50)47-12-5-13-51-24-11-8-21(14-23(24)35)16-39-30-41-25(42-31(44-30)52-19-34(36,37)38)15-20-6-9-22(10-7-20)27(48)40-17-33(2,3)18-47;1-21(2)16-39-29(47)30(48)45-12-5-13-49-26-11-8-23(14-25(26)35)17-40-31-42-27(43-32(44-31)50-20-34(36,37)38)15-22-6-9-24(10-7-22)28(46)41-18-33(3,4)19-45;1-20-23-9-6-21(7-10-23)15-26-40-29(42-30(41-26)47-19-32(34,35)36)38-16-22-8-11-25(24(33)14-22)46-13-5-12-43(28(45)27(44)37-4)18-31(2,3)17-39-20/h6-11,14H,4-5,12-13,15-19H2,1-3H3,(H,40,48)(H,43,46,49)(H,39,41,42,44);6-11,14,21H,5,12-13,15-20H2,1-4H3,(H,39,47)(H,41,46)(H,40,42,43,44);6-11,14,39H,1,5,12-13,15-19H2,2-4H3,(H,37,44)(H,38,40,41,42). The van der Waals surface area contributed by atoms with E-state index < -0.39 is 108 Å². The number of carbonyl (C=O) groups is 8. The second kappa shape index (κ2) is 53.2. The van der Waals surface area contributed by atoms with Crippen LogP contribution in [0.3, 0.4) is 0 Å². The first kappa shape index (κ1) is 116. The number of anilines is 4. The Hall–Kier alpha value is -14.4. The zero-order valence-electron chi connectivity index (χ0n) is 83.7. The molecule has 12 aliphatic heterocycles. The van der Waals surface area contributed by atoms with Crippen molar-refractivity contribution in [1.29, 1.82) is 0 Å². The molecule has 8 amide bonds. The quantitative estimate of drug-likeness (QED) is 0.0453. The smallest absolute Gasteiger partial charge is 0.422 e. The topological polar surface area (TPSA) is 452 Å². The Labute approximate surface area is 877 Å². The van der Waals surface area contributed by atoms with E-state index in [9.17, 15) is 77.9 Å². The number of nitrogens with zero attached hydrogens (tertiary/aromatic N) is 14. The molecule has 0 fully saturated rings. The van der Waals surface area contributed by atoms with Crippen molar-refractivity contribution in [3.8, 4) is 35.3 Å². The minimum atomic E-state index is -4.60. The first-order chi connectivity index (χ1) is 70.9. The van der Waals surface area contributed by atoms with Gasteiger partial charge in [0.05, 0.1) is 34.9 Å². The summed E-state index contributed by atoms with van der Waals surface area (Å²) in [6, 6.07) is 34.4. The molecule has 4 aromatic heterocycles. The molecular formula is C100H115Cl3F9N23O14S. The van der Waals surface area contributed by atoms with Gasteiger partial charge in [0.1, 0.15) is 39.7 Å². The Morgan fingerprint density at radius 3 is 1.09 bits per heavy atom. The predicted molar refractivity (Wildman–Crippen MR) is 541 cm³/mol. The molecule has 16 heterocycles. The lowest BCUT2D eigenvalue weighted by Gasteiger charge is -2.33. The Balaban J connectivity index is 0.000000214. The highest BCUT2D eigenvalue weighted by molar-refractivity contribution is 7.15. The van der Waals surface area contributed by atoms with Crippen LogP contribution in [0.1, 0.15) is 164 Å². The van der Waals surface area contributed by atoms with Gasteiger partial charge >= 0.3 is 72.0 Å². The molecule has 0 aliphatic carbocycles. The Morgan fingerprint density at radius 2 is 0.773 bits per heavy atom. The number of aromatic nitrogens is 11. The summed E-state index contributed by atoms with van der Waals surface area (Å²) in [5.41, 5.74) is 4.71. The molecule has 0 radical (unpaired) electrons. The van der Waals surface area contributed by atoms with Crippen LogP contribution in [-0.4, -0.2) is 248 Å². The van der Waals surface area contributed by atoms with Gasteiger partial charge < -0.3 is 85.7 Å². The average Bonchev–Trinajstić information content (AvgIpc) is 1.01. The number of ether oxygens (including phenoxy) is 6. The Morgan fingerprint density at radius 1 is 0.447 bits per heavy atom. The van der Waals surface area contributed by atoms with E-state index >= 15 is 0 Å². The van der Waals surface area contributed by atoms with Crippen molar-refractivity contribution in [2.24, 2.45) is 22.2 Å². The number of benzene rings is 6. The van der Waals surface area contributed by atoms with Crippen LogP contribution in [0.5, 0.6) is 35.3 Å². The summed E-state index contributed by atoms with van der Waals surface area (Å²) in [5, 5.41) is 35.5. The number of likely N-dealkylation sites (N-methyl/N-ethyl adjacent to an activating group) is 1. The van der Waals surface area contributed by atoms with Crippen molar-refractivity contribution in [3.63, 3.8) is 0 Å². The molecule has 50 heteroatoms. The number of amides is 8. The van der Waals surface area contributed by atoms with Crippen molar-refractivity contribution in [2.75, 3.05) is 133 Å². The van der Waals surface area contributed by atoms with E-state index in [2.05, 4.69) is 109 Å². The van der Waals surface area contributed by atoms with E-state index in [0.717, 1.165) is 16.7 Å². The molecule has 804 valence electrons. The maximum absolute atomic E-state index is 13.5. The molecular weight excluding hydrogens is 2060 g/mol. The van der Waals surface area contributed by atoms with Crippen LogP contribution in [0, 0.1) is 22.2 Å². The molecule has 0 saturated heterocycles. The van der Waals surface area contributed by atoms with Gasteiger partial charge in [-0.1, -0.05) is 182 Å². The molecule has 150 heavy (non-hydrogen) atoms. The summed E-state index contributed by atoms with van der Waals surface area (Å²) in [6.07, 6.45) is -11.6. The summed E-state index contributed by atoms with van der Waals surface area (Å²) >= 11 is 20.7. The number of rotatable bonds is 10. The summed E-state index contributed by atoms with van der Waals surface area (Å²) in [5.74, 6) is -3.18. The fraction of sp³-hybridized carbons (Fsp3) is 0.430. The van der Waals surface area contributed by atoms with E-state index in [-0.39, 0.29) is 163 Å². The van der Waals surface area contributed by atoms with Crippen LogP contribution in [0.2, 0.25) is 15.1 Å². The minimum absolute atomic E-state index is 0.00585. The lowest BCUT2D eigenvalue weighted by molar-refractivity contribution is -0.155. The van der Waals surface area contributed by atoms with Crippen LogP contribution in [0.4, 0.5) is 62.5 Å². The van der Waals surface area contributed by atoms with Crippen LogP contribution < -0.4 is 76.3 Å². The summed E-state index contributed by atoms with van der Waals surface area (Å²) in [4.78, 5) is 146. The van der Waals surface area contributed by atoms with Crippen LogP contribution in [-0.2, 0) is 74.1 Å². The van der Waals surface area contributed by atoms with Crippen LogP contribution >= 0.6 is 46.1 Å². The SMILES string of the molecule is C=C1NCC(C)(C)CN(C(=O)C(=O)NC)CCCOc2ccc(cc2Cl)CNc2nc(nc(OCC(F)(F)F)n2)Cc2ccc1cc2.CC(C)CNC(=O)C(=O)N1CCCOc2ccc(cc2Cl)CNc2nc(nc(OCC(F)(F)F)n2)Cc2ccc(cc2)C(=O)NCC(C)(C)C1.CCc1nnc(NC(=O)C(=O)N2CCCOc3ccc(cc3Cl)CNc3nc(nc(OCC(F)(F)F)n3)Cc3ccc(cc3)C(=O)NCC(C)(C)C2)s1. The number of carbonyl (C=O) groups excluding carboxylic acids is 8. The second-order valence-electron chi connectivity index (χ2n) is 37.7. The van der Waals surface area contributed by atoms with Gasteiger partial charge in [0.2, 0.25) is 23.0 Å². The van der Waals surface area contributed by atoms with E-state index in [1.54, 1.807) is 103 Å². The summed E-state index contributed by atoms with van der Waals surface area (Å²) in [6.45, 7) is 20.2. The van der Waals surface area contributed by atoms with Crippen molar-refractivity contribution in [2.45, 2.75) is 145 Å². The molecule has 37 nitrogen and oxygen atoms in total. The van der Waals surface area contributed by atoms with Gasteiger partial charge in [-0.25, -0.2) is 0 Å². The third-order valence-corrected chi connectivity index (χ3v) is 24.0. The van der Waals surface area contributed by atoms with Gasteiger partial charge in [0, 0.05) is 128 Å². The molecule has 0 spiro atoms. The first-order valence-electron chi connectivity index (χ1n) is 47.5. The number of hydrogen-bond acceptors (Lipinski definition) is 30. The molecule has 18 bridgehead atoms. The maximum Gasteiger partial charge on any atom is 0.422 e. The van der Waals surface area contributed by atoms with Gasteiger partial charge in [-0.3, -0.25) is 43.7 Å². The van der Waals surface area contributed by atoms with Gasteiger partial charge in [0.25, 0.3) is 11.8 Å².